The zero-order chi connectivity index (χ0) is 13.1. The lowest BCUT2D eigenvalue weighted by molar-refractivity contribution is -0.0748. The molecule has 1 aliphatic carbocycles. The Morgan fingerprint density at radius 3 is 2.84 bits per heavy atom. The van der Waals surface area contributed by atoms with Crippen LogP contribution in [0.25, 0.3) is 0 Å². The van der Waals surface area contributed by atoms with Gasteiger partial charge >= 0.3 is 0 Å². The van der Waals surface area contributed by atoms with Crippen molar-refractivity contribution in [2.24, 2.45) is 0 Å². The first kappa shape index (κ1) is 12.8. The van der Waals surface area contributed by atoms with Crippen LogP contribution in [0.4, 0.5) is 5.69 Å². The van der Waals surface area contributed by atoms with Crippen LogP contribution in [0.5, 0.6) is 5.75 Å². The molecule has 1 heterocycles. The molecule has 1 aromatic carbocycles. The Morgan fingerprint density at radius 1 is 1.21 bits per heavy atom. The summed E-state index contributed by atoms with van der Waals surface area (Å²) in [6, 6.07) is 7.60. The summed E-state index contributed by atoms with van der Waals surface area (Å²) in [4.78, 5) is 0. The smallest absolute Gasteiger partial charge is 0.121 e. The van der Waals surface area contributed by atoms with Gasteiger partial charge in [0.2, 0.25) is 0 Å². The average Bonchev–Trinajstić information content (AvgIpc) is 2.80. The highest BCUT2D eigenvalue weighted by Gasteiger charge is 2.40. The molecule has 1 atom stereocenters. The topological polar surface area (TPSA) is 44.5 Å². The summed E-state index contributed by atoms with van der Waals surface area (Å²) >= 11 is 0. The van der Waals surface area contributed by atoms with Crippen molar-refractivity contribution >= 4 is 5.69 Å². The molecule has 3 rings (SSSR count). The maximum atomic E-state index is 6.29. The minimum absolute atomic E-state index is 0.183. The van der Waals surface area contributed by atoms with E-state index in [2.05, 4.69) is 0 Å². The highest BCUT2D eigenvalue weighted by molar-refractivity contribution is 5.43. The zero-order valence-corrected chi connectivity index (χ0v) is 11.4. The molecule has 1 unspecified atom stereocenters. The van der Waals surface area contributed by atoms with Crippen LogP contribution in [-0.4, -0.2) is 18.3 Å². The van der Waals surface area contributed by atoms with Crippen LogP contribution in [0.3, 0.4) is 0 Å². The fraction of sp³-hybridized carbons (Fsp3) is 0.625. The van der Waals surface area contributed by atoms with Gasteiger partial charge in [0.15, 0.2) is 0 Å². The average molecular weight is 261 g/mol. The first-order valence-corrected chi connectivity index (χ1v) is 7.42. The van der Waals surface area contributed by atoms with Crippen LogP contribution in [-0.2, 0) is 4.74 Å². The summed E-state index contributed by atoms with van der Waals surface area (Å²) in [5.41, 5.74) is 6.67. The van der Waals surface area contributed by atoms with Gasteiger partial charge in [0.05, 0.1) is 11.7 Å². The largest absolute Gasteiger partial charge is 0.491 e. The molecule has 19 heavy (non-hydrogen) atoms. The van der Waals surface area contributed by atoms with Crippen LogP contribution < -0.4 is 10.5 Å². The first-order chi connectivity index (χ1) is 9.26. The Kier molecular flexibility index (Phi) is 3.65. The van der Waals surface area contributed by atoms with Gasteiger partial charge in [-0.15, -0.1) is 0 Å². The number of hydrogen-bond donors (Lipinski definition) is 1. The fourth-order valence-corrected chi connectivity index (χ4v) is 3.37. The van der Waals surface area contributed by atoms with Crippen molar-refractivity contribution in [2.75, 3.05) is 12.3 Å². The molecule has 0 radical (unpaired) electrons. The molecule has 1 saturated heterocycles. The van der Waals surface area contributed by atoms with Gasteiger partial charge in [-0.2, -0.15) is 0 Å². The second-order valence-electron chi connectivity index (χ2n) is 5.91. The molecule has 1 spiro atoms. The SMILES string of the molecule is Nc1cccc(OCC2CCC3(CCCCC3)O2)c1. The van der Waals surface area contributed by atoms with Gasteiger partial charge in [-0.3, -0.25) is 0 Å². The van der Waals surface area contributed by atoms with Crippen LogP contribution in [0.1, 0.15) is 44.9 Å². The third kappa shape index (κ3) is 3.03. The molecule has 2 fully saturated rings. The Morgan fingerprint density at radius 2 is 2.05 bits per heavy atom. The van der Waals surface area contributed by atoms with E-state index in [1.54, 1.807) is 0 Å². The summed E-state index contributed by atoms with van der Waals surface area (Å²) in [7, 11) is 0. The Bertz CT molecular complexity index is 427. The van der Waals surface area contributed by atoms with E-state index < -0.39 is 0 Å². The van der Waals surface area contributed by atoms with Crippen LogP contribution >= 0.6 is 0 Å². The van der Waals surface area contributed by atoms with Crippen LogP contribution in [0, 0.1) is 0 Å². The summed E-state index contributed by atoms with van der Waals surface area (Å²) in [5, 5.41) is 0. The number of rotatable bonds is 3. The molecule has 2 aliphatic rings. The summed E-state index contributed by atoms with van der Waals surface area (Å²) in [6.45, 7) is 0.644. The Balaban J connectivity index is 1.52. The van der Waals surface area contributed by atoms with Gasteiger partial charge in [0.25, 0.3) is 0 Å². The van der Waals surface area contributed by atoms with Crippen molar-refractivity contribution in [1.29, 1.82) is 0 Å². The third-order valence-electron chi connectivity index (χ3n) is 4.40. The van der Waals surface area contributed by atoms with E-state index in [1.807, 2.05) is 24.3 Å². The Hall–Kier alpha value is -1.22. The summed E-state index contributed by atoms with van der Waals surface area (Å²) < 4.78 is 12.1. The number of hydrogen-bond acceptors (Lipinski definition) is 3. The molecule has 3 nitrogen and oxygen atoms in total. The van der Waals surface area contributed by atoms with E-state index in [-0.39, 0.29) is 11.7 Å². The minimum Gasteiger partial charge on any atom is -0.491 e. The van der Waals surface area contributed by atoms with Gasteiger partial charge < -0.3 is 15.2 Å². The molecule has 0 amide bonds. The predicted molar refractivity (Wildman–Crippen MR) is 76.3 cm³/mol. The molecular weight excluding hydrogens is 238 g/mol. The molecule has 2 N–H and O–H groups in total. The quantitative estimate of drug-likeness (QED) is 0.847. The molecule has 1 saturated carbocycles. The molecular formula is C16H23NO2. The monoisotopic (exact) mass is 261 g/mol. The van der Waals surface area contributed by atoms with E-state index in [9.17, 15) is 0 Å². The lowest BCUT2D eigenvalue weighted by Gasteiger charge is -2.33. The number of anilines is 1. The second-order valence-corrected chi connectivity index (χ2v) is 5.91. The fourth-order valence-electron chi connectivity index (χ4n) is 3.37. The number of ether oxygens (including phenoxy) is 2. The van der Waals surface area contributed by atoms with Crippen molar-refractivity contribution in [3.05, 3.63) is 24.3 Å². The lowest BCUT2D eigenvalue weighted by atomic mass is 9.83. The van der Waals surface area contributed by atoms with Gasteiger partial charge in [-0.05, 0) is 37.8 Å². The standard InChI is InChI=1S/C16H23NO2/c17-13-5-4-6-14(11-13)18-12-15-7-10-16(19-15)8-2-1-3-9-16/h4-6,11,15H,1-3,7-10,12,17H2. The molecule has 0 aromatic heterocycles. The third-order valence-corrected chi connectivity index (χ3v) is 4.40. The molecule has 104 valence electrons. The maximum absolute atomic E-state index is 6.29. The van der Waals surface area contributed by atoms with Crippen molar-refractivity contribution in [3.63, 3.8) is 0 Å². The number of benzene rings is 1. The van der Waals surface area contributed by atoms with Gasteiger partial charge in [0.1, 0.15) is 12.4 Å². The Labute approximate surface area is 115 Å². The van der Waals surface area contributed by atoms with Crippen molar-refractivity contribution in [3.8, 4) is 5.75 Å². The van der Waals surface area contributed by atoms with E-state index >= 15 is 0 Å². The van der Waals surface area contributed by atoms with E-state index in [0.717, 1.165) is 17.9 Å². The zero-order valence-electron chi connectivity index (χ0n) is 11.4. The minimum atomic E-state index is 0.183. The normalized spacial score (nSPS) is 25.6. The summed E-state index contributed by atoms with van der Waals surface area (Å²) in [5.74, 6) is 0.841. The van der Waals surface area contributed by atoms with Crippen LogP contribution in [0.15, 0.2) is 24.3 Å². The second kappa shape index (κ2) is 5.41. The van der Waals surface area contributed by atoms with E-state index in [0.29, 0.717) is 6.61 Å². The lowest BCUT2D eigenvalue weighted by Crippen LogP contribution is -2.32. The predicted octanol–water partition coefficient (Wildman–Crippen LogP) is 3.53. The van der Waals surface area contributed by atoms with Crippen LogP contribution in [0.2, 0.25) is 0 Å². The van der Waals surface area contributed by atoms with E-state index in [4.69, 9.17) is 15.2 Å². The highest BCUT2D eigenvalue weighted by atomic mass is 16.6. The number of nitrogens with two attached hydrogens (primary N) is 1. The molecule has 3 heteroatoms. The van der Waals surface area contributed by atoms with Crippen molar-refractivity contribution < 1.29 is 9.47 Å². The highest BCUT2D eigenvalue weighted by Crippen LogP contribution is 2.41. The van der Waals surface area contributed by atoms with E-state index in [1.165, 1.54) is 38.5 Å². The van der Waals surface area contributed by atoms with Crippen molar-refractivity contribution in [2.45, 2.75) is 56.7 Å². The van der Waals surface area contributed by atoms with Gasteiger partial charge in [-0.25, -0.2) is 0 Å². The summed E-state index contributed by atoms with van der Waals surface area (Å²) in [6.07, 6.45) is 9.07. The van der Waals surface area contributed by atoms with Crippen molar-refractivity contribution in [1.82, 2.24) is 0 Å². The first-order valence-electron chi connectivity index (χ1n) is 7.42. The van der Waals surface area contributed by atoms with Gasteiger partial charge in [0, 0.05) is 11.8 Å². The molecule has 1 aliphatic heterocycles. The number of nitrogen functional groups attached to an aromatic ring is 1. The molecule has 0 bridgehead atoms. The van der Waals surface area contributed by atoms with Gasteiger partial charge in [-0.1, -0.05) is 25.3 Å². The molecule has 1 aromatic rings. The maximum Gasteiger partial charge on any atom is 0.121 e.